The quantitative estimate of drug-likeness (QED) is 0.753. The molecule has 0 saturated carbocycles. The minimum absolute atomic E-state index is 0.0781. The lowest BCUT2D eigenvalue weighted by Gasteiger charge is -1.98. The Morgan fingerprint density at radius 1 is 1.62 bits per heavy atom. The van der Waals surface area contributed by atoms with Gasteiger partial charge in [0.1, 0.15) is 0 Å². The Labute approximate surface area is 77.8 Å². The first-order valence-electron chi connectivity index (χ1n) is 3.97. The predicted molar refractivity (Wildman–Crippen MR) is 48.8 cm³/mol. The molecule has 0 aliphatic rings. The predicted octanol–water partition coefficient (Wildman–Crippen LogP) is 0.0267. The lowest BCUT2D eigenvalue weighted by molar-refractivity contribution is 0.575. The first-order chi connectivity index (χ1) is 5.97. The van der Waals surface area contributed by atoms with Crippen LogP contribution in [0.5, 0.6) is 0 Å². The number of hydrogen-bond acceptors (Lipinski definition) is 3. The number of sulfonamides is 1. The zero-order chi connectivity index (χ0) is 10.1. The van der Waals surface area contributed by atoms with Crippen molar-refractivity contribution in [3.8, 4) is 0 Å². The summed E-state index contributed by atoms with van der Waals surface area (Å²) in [6.45, 7) is 3.91. The van der Waals surface area contributed by atoms with Crippen molar-refractivity contribution in [3.05, 3.63) is 11.8 Å². The number of hydrogen-bond donors (Lipinski definition) is 1. The van der Waals surface area contributed by atoms with Gasteiger partial charge in [-0.1, -0.05) is 6.92 Å². The summed E-state index contributed by atoms with van der Waals surface area (Å²) in [6, 6.07) is 1.54. The molecular formula is C7H13N3O2S. The normalized spacial score (nSPS) is 11.9. The summed E-state index contributed by atoms with van der Waals surface area (Å²) in [7, 11) is -1.69. The molecule has 6 heteroatoms. The summed E-state index contributed by atoms with van der Waals surface area (Å²) in [5.74, 6) is 0. The van der Waals surface area contributed by atoms with Gasteiger partial charge in [0.25, 0.3) is 10.0 Å². The van der Waals surface area contributed by atoms with Crippen LogP contribution < -0.4 is 4.72 Å². The molecule has 0 unspecified atom stereocenters. The number of nitrogens with zero attached hydrogens (tertiary/aromatic N) is 2. The van der Waals surface area contributed by atoms with Crippen molar-refractivity contribution >= 4 is 10.0 Å². The molecule has 1 rings (SSSR count). The van der Waals surface area contributed by atoms with Gasteiger partial charge in [0, 0.05) is 19.3 Å². The molecule has 74 valence electrons. The lowest BCUT2D eigenvalue weighted by Crippen LogP contribution is -2.23. The number of nitrogens with one attached hydrogen (secondary N) is 1. The van der Waals surface area contributed by atoms with E-state index in [-0.39, 0.29) is 5.03 Å². The summed E-state index contributed by atoms with van der Waals surface area (Å²) in [6.07, 6.45) is 0. The average molecular weight is 203 g/mol. The second-order valence-corrected chi connectivity index (χ2v) is 4.46. The van der Waals surface area contributed by atoms with Crippen molar-refractivity contribution in [1.82, 2.24) is 14.5 Å². The Hall–Kier alpha value is -0.880. The average Bonchev–Trinajstić information content (AvgIpc) is 2.33. The number of aromatic nitrogens is 2. The van der Waals surface area contributed by atoms with Crippen molar-refractivity contribution in [2.24, 2.45) is 7.05 Å². The Balaban J connectivity index is 3.08. The standard InChI is InChI=1S/C7H13N3O2S/c1-4-8-13(11,12)7-5-6(2)10(3)9-7/h5,8H,4H2,1-3H3. The molecule has 0 radical (unpaired) electrons. The fourth-order valence-corrected chi connectivity index (χ4v) is 2.01. The Morgan fingerprint density at radius 2 is 2.23 bits per heavy atom. The molecule has 0 saturated heterocycles. The van der Waals surface area contributed by atoms with E-state index in [1.165, 1.54) is 10.7 Å². The van der Waals surface area contributed by atoms with Crippen LogP contribution in [0.15, 0.2) is 11.1 Å². The van der Waals surface area contributed by atoms with Gasteiger partial charge in [-0.3, -0.25) is 4.68 Å². The molecule has 13 heavy (non-hydrogen) atoms. The SMILES string of the molecule is CCNS(=O)(=O)c1cc(C)n(C)n1. The van der Waals surface area contributed by atoms with Crippen LogP contribution in [0.4, 0.5) is 0 Å². The third kappa shape index (κ3) is 2.07. The molecule has 1 N–H and O–H groups in total. The van der Waals surface area contributed by atoms with Gasteiger partial charge in [-0.2, -0.15) is 5.10 Å². The van der Waals surface area contributed by atoms with Crippen molar-refractivity contribution in [3.63, 3.8) is 0 Å². The van der Waals surface area contributed by atoms with Crippen LogP contribution in [0.25, 0.3) is 0 Å². The van der Waals surface area contributed by atoms with E-state index >= 15 is 0 Å². The summed E-state index contributed by atoms with van der Waals surface area (Å²) >= 11 is 0. The smallest absolute Gasteiger partial charge is 0.259 e. The molecule has 0 bridgehead atoms. The molecule has 0 aliphatic heterocycles. The zero-order valence-electron chi connectivity index (χ0n) is 7.90. The highest BCUT2D eigenvalue weighted by Gasteiger charge is 2.16. The Bertz CT molecular complexity index is 374. The molecule has 1 aromatic heterocycles. The fraction of sp³-hybridized carbons (Fsp3) is 0.571. The van der Waals surface area contributed by atoms with E-state index in [1.54, 1.807) is 20.9 Å². The topological polar surface area (TPSA) is 64.0 Å². The Morgan fingerprint density at radius 3 is 2.62 bits per heavy atom. The maximum Gasteiger partial charge on any atom is 0.259 e. The van der Waals surface area contributed by atoms with E-state index in [4.69, 9.17) is 0 Å². The van der Waals surface area contributed by atoms with Gasteiger partial charge < -0.3 is 0 Å². The Kier molecular flexibility index (Phi) is 2.72. The van der Waals surface area contributed by atoms with Gasteiger partial charge in [-0.05, 0) is 13.0 Å². The van der Waals surface area contributed by atoms with Crippen LogP contribution >= 0.6 is 0 Å². The molecule has 0 aliphatic carbocycles. The van der Waals surface area contributed by atoms with Crippen LogP contribution in [-0.2, 0) is 17.1 Å². The van der Waals surface area contributed by atoms with Crippen molar-refractivity contribution in [2.45, 2.75) is 18.9 Å². The van der Waals surface area contributed by atoms with Gasteiger partial charge in [0.05, 0.1) is 0 Å². The highest BCUT2D eigenvalue weighted by Crippen LogP contribution is 2.07. The minimum atomic E-state index is -3.39. The van der Waals surface area contributed by atoms with E-state index < -0.39 is 10.0 Å². The first kappa shape index (κ1) is 10.2. The maximum atomic E-state index is 11.4. The zero-order valence-corrected chi connectivity index (χ0v) is 8.72. The van der Waals surface area contributed by atoms with E-state index in [0.29, 0.717) is 6.54 Å². The molecule has 0 amide bonds. The van der Waals surface area contributed by atoms with Crippen LogP contribution in [0.1, 0.15) is 12.6 Å². The molecule has 0 spiro atoms. The van der Waals surface area contributed by atoms with Crippen LogP contribution in [0, 0.1) is 6.92 Å². The van der Waals surface area contributed by atoms with E-state index in [9.17, 15) is 8.42 Å². The van der Waals surface area contributed by atoms with Gasteiger partial charge in [0.2, 0.25) is 0 Å². The largest absolute Gasteiger partial charge is 0.272 e. The second-order valence-electron chi connectivity index (χ2n) is 2.75. The second kappa shape index (κ2) is 3.47. The third-order valence-electron chi connectivity index (χ3n) is 1.70. The molecule has 1 heterocycles. The van der Waals surface area contributed by atoms with Gasteiger partial charge in [-0.15, -0.1) is 0 Å². The van der Waals surface area contributed by atoms with Crippen molar-refractivity contribution < 1.29 is 8.42 Å². The number of rotatable bonds is 3. The minimum Gasteiger partial charge on any atom is -0.272 e. The van der Waals surface area contributed by atoms with Gasteiger partial charge >= 0.3 is 0 Å². The highest BCUT2D eigenvalue weighted by atomic mass is 32.2. The summed E-state index contributed by atoms with van der Waals surface area (Å²) in [5.41, 5.74) is 0.816. The van der Waals surface area contributed by atoms with Crippen LogP contribution in [-0.4, -0.2) is 24.7 Å². The number of aryl methyl sites for hydroxylation is 2. The monoisotopic (exact) mass is 203 g/mol. The van der Waals surface area contributed by atoms with Crippen molar-refractivity contribution in [2.75, 3.05) is 6.54 Å². The third-order valence-corrected chi connectivity index (χ3v) is 3.12. The molecule has 1 aromatic rings. The van der Waals surface area contributed by atoms with Crippen LogP contribution in [0.2, 0.25) is 0 Å². The van der Waals surface area contributed by atoms with Gasteiger partial charge in [-0.25, -0.2) is 13.1 Å². The first-order valence-corrected chi connectivity index (χ1v) is 5.46. The van der Waals surface area contributed by atoms with Gasteiger partial charge in [0.15, 0.2) is 5.03 Å². The van der Waals surface area contributed by atoms with Crippen molar-refractivity contribution in [1.29, 1.82) is 0 Å². The van der Waals surface area contributed by atoms with E-state index in [1.807, 2.05) is 0 Å². The fourth-order valence-electron chi connectivity index (χ4n) is 0.923. The molecule has 0 atom stereocenters. The summed E-state index contributed by atoms with van der Waals surface area (Å²) in [4.78, 5) is 0. The summed E-state index contributed by atoms with van der Waals surface area (Å²) < 4.78 is 26.7. The summed E-state index contributed by atoms with van der Waals surface area (Å²) in [5, 5.41) is 3.94. The van der Waals surface area contributed by atoms with E-state index in [0.717, 1.165) is 5.69 Å². The van der Waals surface area contributed by atoms with E-state index in [2.05, 4.69) is 9.82 Å². The molecule has 5 nitrogen and oxygen atoms in total. The molecule has 0 fully saturated rings. The molecular weight excluding hydrogens is 190 g/mol. The van der Waals surface area contributed by atoms with Crippen LogP contribution in [0.3, 0.4) is 0 Å². The maximum absolute atomic E-state index is 11.4. The lowest BCUT2D eigenvalue weighted by atomic mass is 10.5. The highest BCUT2D eigenvalue weighted by molar-refractivity contribution is 7.89. The molecule has 0 aromatic carbocycles.